The Bertz CT molecular complexity index is 1440. The van der Waals surface area contributed by atoms with Gasteiger partial charge in [-0.15, -0.1) is 11.3 Å². The van der Waals surface area contributed by atoms with Gasteiger partial charge in [0.25, 0.3) is 0 Å². The van der Waals surface area contributed by atoms with Crippen LogP contribution in [0.5, 0.6) is 5.75 Å². The molecule has 1 aliphatic rings. The molecule has 0 aliphatic heterocycles. The topological polar surface area (TPSA) is 91.0 Å². The summed E-state index contributed by atoms with van der Waals surface area (Å²) in [5, 5.41) is 20.9. The highest BCUT2D eigenvalue weighted by molar-refractivity contribution is 7.18. The first-order valence-electron chi connectivity index (χ1n) is 12.8. The molecule has 0 spiro atoms. The summed E-state index contributed by atoms with van der Waals surface area (Å²) >= 11 is 1.19. The van der Waals surface area contributed by atoms with Crippen LogP contribution in [-0.2, 0) is 4.79 Å². The molecule has 4 aromatic rings. The molecule has 0 unspecified atom stereocenters. The van der Waals surface area contributed by atoms with Gasteiger partial charge in [-0.05, 0) is 69.2 Å². The Hall–Kier alpha value is -3.58. The van der Waals surface area contributed by atoms with E-state index < -0.39 is 5.97 Å². The summed E-state index contributed by atoms with van der Waals surface area (Å²) in [4.78, 5) is 28.5. The largest absolute Gasteiger partial charge is 0.504 e. The van der Waals surface area contributed by atoms with E-state index in [0.29, 0.717) is 22.9 Å². The number of phenolic OH excluding ortho intramolecular Hbond substituents is 1. The molecule has 1 fully saturated rings. The number of amides is 1. The second-order valence-corrected chi connectivity index (χ2v) is 11.3. The number of furan rings is 1. The number of rotatable bonds is 6. The number of phenols is 1. The summed E-state index contributed by atoms with van der Waals surface area (Å²) in [5.41, 5.74) is 2.63. The Balaban J connectivity index is 1.46. The van der Waals surface area contributed by atoms with Gasteiger partial charge in [0.05, 0.1) is 5.69 Å². The molecule has 0 radical (unpaired) electrons. The van der Waals surface area contributed by atoms with Gasteiger partial charge in [-0.3, -0.25) is 4.79 Å². The van der Waals surface area contributed by atoms with Gasteiger partial charge in [0, 0.05) is 27.8 Å². The number of thiophene rings is 1. The van der Waals surface area contributed by atoms with E-state index in [2.05, 4.69) is 6.92 Å². The van der Waals surface area contributed by atoms with Crippen LogP contribution < -0.4 is 4.90 Å². The first-order chi connectivity index (χ1) is 17.7. The van der Waals surface area contributed by atoms with Crippen LogP contribution in [0.25, 0.3) is 32.7 Å². The fourth-order valence-corrected chi connectivity index (χ4v) is 6.19. The van der Waals surface area contributed by atoms with Crippen molar-refractivity contribution >= 4 is 39.9 Å². The third kappa shape index (κ3) is 4.88. The van der Waals surface area contributed by atoms with Crippen molar-refractivity contribution in [1.29, 1.82) is 0 Å². The summed E-state index contributed by atoms with van der Waals surface area (Å²) in [7, 11) is 0. The number of carboxylic acid groups (broad SMARTS) is 1. The van der Waals surface area contributed by atoms with Gasteiger partial charge in [-0.2, -0.15) is 0 Å². The second-order valence-electron chi connectivity index (χ2n) is 10.3. The van der Waals surface area contributed by atoms with Crippen molar-refractivity contribution in [2.75, 3.05) is 4.90 Å². The van der Waals surface area contributed by atoms with Crippen LogP contribution >= 0.6 is 11.3 Å². The molecule has 0 atom stereocenters. The normalized spacial score (nSPS) is 17.8. The van der Waals surface area contributed by atoms with Crippen molar-refractivity contribution in [1.82, 2.24) is 0 Å². The molecule has 5 rings (SSSR count). The summed E-state index contributed by atoms with van der Waals surface area (Å²) in [6.45, 7) is 6.09. The minimum Gasteiger partial charge on any atom is -0.504 e. The van der Waals surface area contributed by atoms with E-state index in [-0.39, 0.29) is 28.5 Å². The molecule has 2 aromatic carbocycles. The smallest absolute Gasteiger partial charge is 0.348 e. The van der Waals surface area contributed by atoms with Crippen LogP contribution in [-0.4, -0.2) is 28.1 Å². The molecular formula is C30H31NO5S. The third-order valence-corrected chi connectivity index (χ3v) is 8.42. The quantitative estimate of drug-likeness (QED) is 0.272. The molecule has 7 heteroatoms. The van der Waals surface area contributed by atoms with E-state index in [1.807, 2.05) is 56.3 Å². The number of anilines is 1. The van der Waals surface area contributed by atoms with E-state index in [1.165, 1.54) is 11.3 Å². The van der Waals surface area contributed by atoms with Crippen molar-refractivity contribution in [2.45, 2.75) is 52.5 Å². The molecule has 37 heavy (non-hydrogen) atoms. The lowest BCUT2D eigenvalue weighted by Crippen LogP contribution is -2.42. The lowest BCUT2D eigenvalue weighted by Gasteiger charge is -2.33. The first kappa shape index (κ1) is 25.1. The molecule has 0 saturated heterocycles. The fourth-order valence-electron chi connectivity index (χ4n) is 5.20. The minimum absolute atomic E-state index is 0.0252. The first-order valence-corrected chi connectivity index (χ1v) is 13.6. The number of carbonyl (C=O) groups is 2. The highest BCUT2D eigenvalue weighted by Gasteiger charge is 2.33. The highest BCUT2D eigenvalue weighted by atomic mass is 32.1. The zero-order valence-corrected chi connectivity index (χ0v) is 22.0. The predicted octanol–water partition coefficient (Wildman–Crippen LogP) is 7.80. The van der Waals surface area contributed by atoms with E-state index in [0.717, 1.165) is 47.1 Å². The molecule has 2 N–H and O–H groups in total. The van der Waals surface area contributed by atoms with Crippen molar-refractivity contribution in [2.24, 2.45) is 11.8 Å². The van der Waals surface area contributed by atoms with Gasteiger partial charge in [0.15, 0.2) is 11.3 Å². The molecule has 2 heterocycles. The minimum atomic E-state index is -1.03. The number of fused-ring (bicyclic) bond motifs is 1. The lowest BCUT2D eigenvalue weighted by atomic mass is 9.82. The van der Waals surface area contributed by atoms with E-state index in [1.54, 1.807) is 17.0 Å². The van der Waals surface area contributed by atoms with Crippen LogP contribution in [0, 0.1) is 11.8 Å². The SMILES string of the molecule is CC(C)N(c1cc(-c2ccc(-c3cc4cccc(O)c4o3)cc2)sc1C(=O)O)C(=O)[C@H]1CC[C@H](C)CC1. The van der Waals surface area contributed by atoms with Crippen LogP contribution in [0.15, 0.2) is 59.0 Å². The van der Waals surface area contributed by atoms with Gasteiger partial charge in [-0.1, -0.05) is 43.3 Å². The number of aromatic carboxylic acids is 1. The average Bonchev–Trinajstić information content (AvgIpc) is 3.50. The Kier molecular flexibility index (Phi) is 6.82. The zero-order valence-electron chi connectivity index (χ0n) is 21.2. The zero-order chi connectivity index (χ0) is 26.3. The van der Waals surface area contributed by atoms with Gasteiger partial charge in [0.1, 0.15) is 10.6 Å². The number of para-hydroxylation sites is 1. The van der Waals surface area contributed by atoms with Crippen molar-refractivity contribution in [3.63, 3.8) is 0 Å². The lowest BCUT2D eigenvalue weighted by molar-refractivity contribution is -0.123. The standard InChI is InChI=1S/C30H31NO5S/c1-17(2)31(29(33)21-9-7-18(3)8-10-21)23-16-26(37-28(23)30(34)35)20-13-11-19(12-14-20)25-15-22-5-4-6-24(32)27(22)36-25/h4-6,11-18,21,32H,7-10H2,1-3H3,(H,34,35)/t18-,21-. The Morgan fingerprint density at radius 1 is 1.00 bits per heavy atom. The molecule has 1 saturated carbocycles. The second kappa shape index (κ2) is 10.1. The van der Waals surface area contributed by atoms with E-state index in [9.17, 15) is 19.8 Å². The summed E-state index contributed by atoms with van der Waals surface area (Å²) in [6.07, 6.45) is 3.76. The van der Waals surface area contributed by atoms with Crippen LogP contribution in [0.3, 0.4) is 0 Å². The fraction of sp³-hybridized carbons (Fsp3) is 0.333. The van der Waals surface area contributed by atoms with Gasteiger partial charge in [-0.25, -0.2) is 4.79 Å². The number of benzene rings is 2. The Morgan fingerprint density at radius 2 is 1.68 bits per heavy atom. The van der Waals surface area contributed by atoms with Crippen LogP contribution in [0.1, 0.15) is 56.1 Å². The summed E-state index contributed by atoms with van der Waals surface area (Å²) in [6, 6.07) is 16.5. The number of carboxylic acids is 1. The number of nitrogens with zero attached hydrogens (tertiary/aromatic N) is 1. The maximum atomic E-state index is 13.6. The van der Waals surface area contributed by atoms with E-state index in [4.69, 9.17) is 4.42 Å². The molecule has 1 amide bonds. The maximum absolute atomic E-state index is 13.6. The average molecular weight is 518 g/mol. The molecule has 0 bridgehead atoms. The van der Waals surface area contributed by atoms with Gasteiger partial charge in [0.2, 0.25) is 5.91 Å². The number of hydrogen-bond donors (Lipinski definition) is 2. The number of carbonyl (C=O) groups excluding carboxylic acids is 1. The number of aromatic hydroxyl groups is 1. The van der Waals surface area contributed by atoms with Gasteiger partial charge < -0.3 is 19.5 Å². The molecular weight excluding hydrogens is 486 g/mol. The van der Waals surface area contributed by atoms with Crippen molar-refractivity contribution in [3.05, 3.63) is 59.5 Å². The Labute approximate surface area is 220 Å². The molecule has 2 aromatic heterocycles. The summed E-state index contributed by atoms with van der Waals surface area (Å²) < 4.78 is 5.86. The monoisotopic (exact) mass is 517 g/mol. The summed E-state index contributed by atoms with van der Waals surface area (Å²) in [5.74, 6) is 0.301. The van der Waals surface area contributed by atoms with Crippen LogP contribution in [0.2, 0.25) is 0 Å². The highest BCUT2D eigenvalue weighted by Crippen LogP contribution is 2.41. The van der Waals surface area contributed by atoms with E-state index >= 15 is 0 Å². The van der Waals surface area contributed by atoms with Gasteiger partial charge >= 0.3 is 5.97 Å². The van der Waals surface area contributed by atoms with Crippen LogP contribution in [0.4, 0.5) is 5.69 Å². The van der Waals surface area contributed by atoms with Crippen molar-refractivity contribution in [3.8, 4) is 27.5 Å². The predicted molar refractivity (Wildman–Crippen MR) is 147 cm³/mol. The maximum Gasteiger partial charge on any atom is 0.348 e. The van der Waals surface area contributed by atoms with Crippen molar-refractivity contribution < 1.29 is 24.2 Å². The molecule has 1 aliphatic carbocycles. The molecule has 192 valence electrons. The Morgan fingerprint density at radius 3 is 2.30 bits per heavy atom. The number of hydrogen-bond acceptors (Lipinski definition) is 5. The molecule has 6 nitrogen and oxygen atoms in total. The third-order valence-electron chi connectivity index (χ3n) is 7.26.